The Morgan fingerprint density at radius 1 is 1.24 bits per heavy atom. The van der Waals surface area contributed by atoms with Crippen molar-refractivity contribution in [1.29, 1.82) is 0 Å². The summed E-state index contributed by atoms with van der Waals surface area (Å²) < 4.78 is 0. The highest BCUT2D eigenvalue weighted by Crippen LogP contribution is 2.53. The van der Waals surface area contributed by atoms with Crippen LogP contribution in [0.2, 0.25) is 0 Å². The molecule has 1 atom stereocenters. The van der Waals surface area contributed by atoms with Gasteiger partial charge in [0.1, 0.15) is 0 Å². The van der Waals surface area contributed by atoms with Crippen LogP contribution in [0.5, 0.6) is 0 Å². The van der Waals surface area contributed by atoms with E-state index in [9.17, 15) is 0 Å². The first kappa shape index (κ1) is 11.1. The van der Waals surface area contributed by atoms with Gasteiger partial charge in [-0.15, -0.1) is 0 Å². The lowest BCUT2D eigenvalue weighted by Crippen LogP contribution is -2.48. The maximum atomic E-state index is 4.60. The number of rotatable bonds is 0. The van der Waals surface area contributed by atoms with Gasteiger partial charge in [-0.3, -0.25) is 0 Å². The van der Waals surface area contributed by atoms with Gasteiger partial charge >= 0.3 is 0 Å². The van der Waals surface area contributed by atoms with Crippen LogP contribution in [-0.2, 0) is 11.7 Å². The highest BCUT2D eigenvalue weighted by atomic mass is 14.7. The quantitative estimate of drug-likeness (QED) is 0.599. The normalized spacial score (nSPS) is 29.7. The molecule has 1 aromatic carbocycles. The van der Waals surface area contributed by atoms with Crippen molar-refractivity contribution in [1.82, 2.24) is 0 Å². The van der Waals surface area contributed by atoms with Gasteiger partial charge in [0.05, 0.1) is 0 Å². The van der Waals surface area contributed by atoms with Gasteiger partial charge < -0.3 is 4.90 Å². The highest BCUT2D eigenvalue weighted by Gasteiger charge is 2.52. The van der Waals surface area contributed by atoms with Gasteiger partial charge in [0.25, 0.3) is 7.41 Å². The Morgan fingerprint density at radius 3 is 2.71 bits per heavy atom. The number of hydrogen-bond donors (Lipinski definition) is 0. The van der Waals surface area contributed by atoms with Crippen LogP contribution in [0.3, 0.4) is 0 Å². The van der Waals surface area contributed by atoms with Crippen LogP contribution in [0.1, 0.15) is 44.7 Å². The van der Waals surface area contributed by atoms with Crippen molar-refractivity contribution >= 4 is 13.1 Å². The minimum atomic E-state index is 0.145. The number of fused-ring (bicyclic) bond motifs is 2. The molecule has 1 nitrogen and oxygen atoms in total. The van der Waals surface area contributed by atoms with E-state index in [1.165, 1.54) is 29.7 Å². The zero-order valence-electron chi connectivity index (χ0n) is 11.0. The molecule has 0 unspecified atom stereocenters. The average Bonchev–Trinajstić information content (AvgIpc) is 2.69. The molecular formula is C15H19BN. The summed E-state index contributed by atoms with van der Waals surface area (Å²) in [6.07, 6.45) is 3.55. The van der Waals surface area contributed by atoms with Crippen molar-refractivity contribution in [2.24, 2.45) is 10.3 Å². The van der Waals surface area contributed by atoms with Crippen molar-refractivity contribution in [3.8, 4) is 0 Å². The molecule has 1 aliphatic carbocycles. The van der Waals surface area contributed by atoms with Crippen LogP contribution in [0, 0.1) is 5.41 Å². The fourth-order valence-corrected chi connectivity index (χ4v) is 3.50. The van der Waals surface area contributed by atoms with E-state index in [1.807, 2.05) is 0 Å². The molecule has 0 saturated carbocycles. The third-order valence-corrected chi connectivity index (χ3v) is 4.76. The molecule has 1 heterocycles. The third kappa shape index (κ3) is 1.43. The largest absolute Gasteiger partial charge is 0.356 e. The lowest BCUT2D eigenvalue weighted by atomic mass is 9.42. The maximum absolute atomic E-state index is 4.60. The van der Waals surface area contributed by atoms with Crippen molar-refractivity contribution < 1.29 is 0 Å². The van der Waals surface area contributed by atoms with E-state index in [1.54, 1.807) is 0 Å². The topological polar surface area (TPSA) is 12.4 Å². The molecule has 0 aromatic heterocycles. The molecule has 0 saturated heterocycles. The molecule has 0 amide bonds. The van der Waals surface area contributed by atoms with E-state index in [-0.39, 0.29) is 5.31 Å². The van der Waals surface area contributed by atoms with Crippen LogP contribution in [-0.4, -0.2) is 13.1 Å². The van der Waals surface area contributed by atoms with E-state index in [0.29, 0.717) is 5.41 Å². The van der Waals surface area contributed by atoms with E-state index in [4.69, 9.17) is 0 Å². The predicted octanol–water partition coefficient (Wildman–Crippen LogP) is 3.34. The van der Waals surface area contributed by atoms with E-state index < -0.39 is 0 Å². The molecule has 0 bridgehead atoms. The van der Waals surface area contributed by atoms with Gasteiger partial charge in [0, 0.05) is 5.31 Å². The molecule has 0 fully saturated rings. The molecule has 3 rings (SSSR count). The molecule has 2 heteroatoms. The molecule has 1 spiro atoms. The van der Waals surface area contributed by atoms with E-state index in [0.717, 1.165) is 6.42 Å². The zero-order valence-corrected chi connectivity index (χ0v) is 11.0. The molecule has 1 aromatic rings. The molecule has 2 aliphatic rings. The average molecular weight is 224 g/mol. The minimum absolute atomic E-state index is 0.145. The molecule has 87 valence electrons. The first-order chi connectivity index (χ1) is 8.05. The highest BCUT2D eigenvalue weighted by molar-refractivity contribution is 6.44. The Morgan fingerprint density at radius 2 is 2.00 bits per heavy atom. The van der Waals surface area contributed by atoms with Gasteiger partial charge in [-0.05, 0) is 48.4 Å². The summed E-state index contributed by atoms with van der Waals surface area (Å²) >= 11 is 0. The second-order valence-electron chi connectivity index (χ2n) is 6.18. The van der Waals surface area contributed by atoms with E-state index in [2.05, 4.69) is 57.4 Å². The first-order valence-electron chi connectivity index (χ1n) is 6.51. The fraction of sp³-hybridized carbons (Fsp3) is 0.533. The summed E-state index contributed by atoms with van der Waals surface area (Å²) in [6, 6.07) is 8.92. The Kier molecular flexibility index (Phi) is 2.26. The first-order valence-corrected chi connectivity index (χ1v) is 6.51. The standard InChI is InChI=1S/C15H19BN/c1-11-10-15(16-17-11)13-7-5-4-6-12(13)8-9-14(15,2)3/h4-7H,8-10H2,1-3H3/t15-/m1/s1. The van der Waals surface area contributed by atoms with Crippen molar-refractivity contribution in [2.75, 3.05) is 0 Å². The maximum Gasteiger partial charge on any atom is 0.287 e. The summed E-state index contributed by atoms with van der Waals surface area (Å²) in [4.78, 5) is 4.60. The number of nitrogens with zero attached hydrogens (tertiary/aromatic N) is 1. The second-order valence-corrected chi connectivity index (χ2v) is 6.18. The number of hydrogen-bond acceptors (Lipinski definition) is 1. The minimum Gasteiger partial charge on any atom is -0.356 e. The summed E-state index contributed by atoms with van der Waals surface area (Å²) in [5.74, 6) is 0. The lowest BCUT2D eigenvalue weighted by molar-refractivity contribution is 0.211. The van der Waals surface area contributed by atoms with Crippen LogP contribution in [0.4, 0.5) is 0 Å². The molecule has 17 heavy (non-hydrogen) atoms. The van der Waals surface area contributed by atoms with Crippen LogP contribution in [0.25, 0.3) is 0 Å². The van der Waals surface area contributed by atoms with Crippen molar-refractivity contribution in [3.05, 3.63) is 35.4 Å². The van der Waals surface area contributed by atoms with Gasteiger partial charge in [-0.2, -0.15) is 0 Å². The lowest BCUT2D eigenvalue weighted by Gasteiger charge is -2.48. The summed E-state index contributed by atoms with van der Waals surface area (Å²) in [5, 5.41) is 0.145. The van der Waals surface area contributed by atoms with E-state index >= 15 is 0 Å². The Hall–Kier alpha value is -1.05. The molecule has 1 aliphatic heterocycles. The van der Waals surface area contributed by atoms with Crippen LogP contribution in [0.15, 0.2) is 29.2 Å². The SMILES string of the molecule is CC1=N[B][C@]2(C1)c1ccccc1CCC2(C)C. The zero-order chi connectivity index (χ0) is 12.1. The molecular weight excluding hydrogens is 205 g/mol. The monoisotopic (exact) mass is 224 g/mol. The number of benzene rings is 1. The van der Waals surface area contributed by atoms with Gasteiger partial charge in [0.2, 0.25) is 0 Å². The second kappa shape index (κ2) is 3.47. The Bertz CT molecular complexity index is 489. The van der Waals surface area contributed by atoms with Crippen molar-refractivity contribution in [3.63, 3.8) is 0 Å². The van der Waals surface area contributed by atoms with Gasteiger partial charge in [-0.1, -0.05) is 38.1 Å². The number of aryl methyl sites for hydroxylation is 1. The van der Waals surface area contributed by atoms with Crippen LogP contribution < -0.4 is 0 Å². The van der Waals surface area contributed by atoms with Gasteiger partial charge in [0.15, 0.2) is 0 Å². The summed E-state index contributed by atoms with van der Waals surface area (Å²) in [6.45, 7) is 6.94. The Balaban J connectivity index is 2.17. The fourth-order valence-electron chi connectivity index (χ4n) is 3.50. The smallest absolute Gasteiger partial charge is 0.287 e. The van der Waals surface area contributed by atoms with Gasteiger partial charge in [-0.25, -0.2) is 0 Å². The molecule has 1 radical (unpaired) electrons. The van der Waals surface area contributed by atoms with Crippen molar-refractivity contribution in [2.45, 2.75) is 45.3 Å². The Labute approximate surface area is 105 Å². The summed E-state index contributed by atoms with van der Waals surface area (Å²) in [7, 11) is 2.22. The van der Waals surface area contributed by atoms with Crippen LogP contribution >= 0.6 is 0 Å². The predicted molar refractivity (Wildman–Crippen MR) is 73.7 cm³/mol. The third-order valence-electron chi connectivity index (χ3n) is 4.76. The molecule has 0 N–H and O–H groups in total. The summed E-state index contributed by atoms with van der Waals surface area (Å²) in [5.41, 5.74) is 4.61.